The molecule has 0 aromatic rings. The van der Waals surface area contributed by atoms with E-state index in [4.69, 9.17) is 4.18 Å². The first-order valence-corrected chi connectivity index (χ1v) is 7.71. The lowest BCUT2D eigenvalue weighted by molar-refractivity contribution is -0.183. The second-order valence-electron chi connectivity index (χ2n) is 3.62. The molecule has 100 valence electrons. The fourth-order valence-corrected chi connectivity index (χ4v) is 2.83. The highest BCUT2D eigenvalue weighted by atomic mass is 127. The molecule has 6 heteroatoms. The third-order valence-corrected chi connectivity index (χ3v) is 3.65. The van der Waals surface area contributed by atoms with Gasteiger partial charge in [0, 0.05) is 22.3 Å². The van der Waals surface area contributed by atoms with E-state index in [2.05, 4.69) is 29.2 Å². The Hall–Kier alpha value is -0.0800. The Morgan fingerprint density at radius 3 is 2.50 bits per heavy atom. The Balaban J connectivity index is 2.59. The van der Waals surface area contributed by atoms with Crippen LogP contribution in [0.2, 0.25) is 0 Å². The van der Waals surface area contributed by atoms with Crippen molar-refractivity contribution in [2.24, 2.45) is 0 Å². The molecular formula is C12H13F3IOS+. The molecule has 0 amide bonds. The highest BCUT2D eigenvalue weighted by Gasteiger charge is 2.48. The van der Waals surface area contributed by atoms with E-state index >= 15 is 0 Å². The predicted octanol–water partition coefficient (Wildman–Crippen LogP) is 4.66. The zero-order chi connectivity index (χ0) is 13.6. The largest absolute Gasteiger partial charge is 0.432 e. The average molecular weight is 389 g/mol. The molecule has 0 bridgehead atoms. The average Bonchev–Trinajstić information content (AvgIpc) is 2.29. The van der Waals surface area contributed by atoms with Crippen molar-refractivity contribution in [1.82, 2.24) is 0 Å². The molecule has 0 spiro atoms. The van der Waals surface area contributed by atoms with E-state index in [9.17, 15) is 13.2 Å². The lowest BCUT2D eigenvalue weighted by Gasteiger charge is -2.21. The van der Waals surface area contributed by atoms with Crippen molar-refractivity contribution in [1.29, 1.82) is 0 Å². The fourth-order valence-electron chi connectivity index (χ4n) is 1.22. The molecule has 1 unspecified atom stereocenters. The molecule has 0 heterocycles. The molecule has 0 aromatic carbocycles. The standard InChI is InChI=1S/C12H13F3IOS/c1-9-3-5-10(6-4-9)11(12(13,14)15)17-18-8-2-7-16/h3-6,11H,1-2,7-8H2/q+1. The van der Waals surface area contributed by atoms with Gasteiger partial charge in [-0.1, -0.05) is 29.2 Å². The summed E-state index contributed by atoms with van der Waals surface area (Å²) in [6.45, 7) is 3.64. The molecule has 0 saturated carbocycles. The van der Waals surface area contributed by atoms with Crippen LogP contribution in [0.4, 0.5) is 13.2 Å². The number of alkyl halides is 4. The Labute approximate surface area is 123 Å². The van der Waals surface area contributed by atoms with Crippen molar-refractivity contribution < 1.29 is 17.4 Å². The maximum atomic E-state index is 12.9. The maximum absolute atomic E-state index is 12.9. The zero-order valence-electron chi connectivity index (χ0n) is 9.54. The summed E-state index contributed by atoms with van der Waals surface area (Å²) in [5.41, 5.74) is 0.678. The van der Waals surface area contributed by atoms with Gasteiger partial charge in [-0.25, -0.2) is 0 Å². The van der Waals surface area contributed by atoms with Crippen LogP contribution < -0.4 is 0 Å². The van der Waals surface area contributed by atoms with Gasteiger partial charge in [0.05, 0.1) is 23.6 Å². The Morgan fingerprint density at radius 2 is 2.00 bits per heavy atom. The van der Waals surface area contributed by atoms with Gasteiger partial charge < -0.3 is 0 Å². The zero-order valence-corrected chi connectivity index (χ0v) is 12.5. The number of allylic oxidation sites excluding steroid dienone is 3. The van der Waals surface area contributed by atoms with Crippen LogP contribution in [0.15, 0.2) is 36.5 Å². The first-order valence-electron chi connectivity index (χ1n) is 5.28. The second kappa shape index (κ2) is 7.49. The first kappa shape index (κ1) is 16.0. The van der Waals surface area contributed by atoms with Crippen molar-refractivity contribution in [2.75, 3.05) is 10.2 Å². The van der Waals surface area contributed by atoms with Gasteiger partial charge in [-0.15, -0.1) is 0 Å². The summed E-state index contributed by atoms with van der Waals surface area (Å²) in [6, 6.07) is 0. The normalized spacial score (nSPS) is 17.3. The molecule has 0 N–H and O–H groups in total. The van der Waals surface area contributed by atoms with Crippen LogP contribution >= 0.6 is 34.6 Å². The lowest BCUT2D eigenvalue weighted by Crippen LogP contribution is -2.35. The number of hydrogen-bond acceptors (Lipinski definition) is 2. The van der Waals surface area contributed by atoms with E-state index in [1.54, 1.807) is 12.2 Å². The maximum Gasteiger partial charge on any atom is 0.432 e. The molecule has 0 saturated heterocycles. The van der Waals surface area contributed by atoms with Crippen LogP contribution in [0.3, 0.4) is 0 Å². The quantitative estimate of drug-likeness (QED) is 0.215. The summed E-state index contributed by atoms with van der Waals surface area (Å²) < 4.78 is 44.4. The van der Waals surface area contributed by atoms with Gasteiger partial charge in [-0.05, 0) is 18.5 Å². The first-order chi connectivity index (χ1) is 8.45. The Morgan fingerprint density at radius 1 is 1.39 bits per heavy atom. The summed E-state index contributed by atoms with van der Waals surface area (Å²) in [4.78, 5) is 0. The van der Waals surface area contributed by atoms with Crippen LogP contribution in [-0.4, -0.2) is 22.5 Å². The molecule has 1 atom stereocenters. The van der Waals surface area contributed by atoms with Gasteiger partial charge in [0.2, 0.25) is 6.10 Å². The second-order valence-corrected chi connectivity index (χ2v) is 5.54. The molecule has 1 aliphatic carbocycles. The van der Waals surface area contributed by atoms with E-state index in [0.29, 0.717) is 11.3 Å². The van der Waals surface area contributed by atoms with Gasteiger partial charge in [0.25, 0.3) is 0 Å². The van der Waals surface area contributed by atoms with E-state index in [1.807, 2.05) is 0 Å². The van der Waals surface area contributed by atoms with Gasteiger partial charge in [0.15, 0.2) is 0 Å². The van der Waals surface area contributed by atoms with E-state index in [-0.39, 0.29) is 5.92 Å². The van der Waals surface area contributed by atoms with Crippen molar-refractivity contribution >= 4 is 34.6 Å². The van der Waals surface area contributed by atoms with Crippen LogP contribution in [0.1, 0.15) is 6.42 Å². The van der Waals surface area contributed by atoms with Gasteiger partial charge in [-0.2, -0.15) is 13.2 Å². The minimum absolute atomic E-state index is 0.108. The fraction of sp³-hybridized carbons (Fsp3) is 0.417. The summed E-state index contributed by atoms with van der Waals surface area (Å²) in [5, 5.41) is 0. The van der Waals surface area contributed by atoms with Crippen LogP contribution in [-0.2, 0) is 4.18 Å². The number of rotatable bonds is 6. The predicted molar refractivity (Wildman–Crippen MR) is 77.6 cm³/mol. The van der Waals surface area contributed by atoms with Crippen molar-refractivity contribution in [2.45, 2.75) is 18.7 Å². The summed E-state index contributed by atoms with van der Waals surface area (Å²) in [6.07, 6.45) is 0.448. The van der Waals surface area contributed by atoms with Crippen molar-refractivity contribution in [3.05, 3.63) is 42.4 Å². The summed E-state index contributed by atoms with van der Waals surface area (Å²) in [5.74, 6) is 0.667. The van der Waals surface area contributed by atoms with Crippen LogP contribution in [0.25, 0.3) is 0 Å². The molecular weight excluding hydrogens is 376 g/mol. The Bertz CT molecular complexity index is 323. The SMILES string of the molecule is C=C1C=C[C+](C(OSCCCI)C(F)(F)F)C=C1. The smallest absolute Gasteiger partial charge is 0.284 e. The lowest BCUT2D eigenvalue weighted by atomic mass is 9.95. The number of halogens is 4. The summed E-state index contributed by atoms with van der Waals surface area (Å²) >= 11 is 3.05. The Kier molecular flexibility index (Phi) is 6.65. The summed E-state index contributed by atoms with van der Waals surface area (Å²) in [7, 11) is 0. The molecule has 0 aliphatic heterocycles. The van der Waals surface area contributed by atoms with E-state index < -0.39 is 12.3 Å². The van der Waals surface area contributed by atoms with Crippen molar-refractivity contribution in [3.8, 4) is 0 Å². The van der Waals surface area contributed by atoms with E-state index in [0.717, 1.165) is 22.9 Å². The topological polar surface area (TPSA) is 9.23 Å². The van der Waals surface area contributed by atoms with Crippen molar-refractivity contribution in [3.63, 3.8) is 0 Å². The third-order valence-electron chi connectivity index (χ3n) is 2.11. The van der Waals surface area contributed by atoms with Crippen LogP contribution in [0, 0.1) is 5.92 Å². The highest BCUT2D eigenvalue weighted by Crippen LogP contribution is 2.35. The molecule has 18 heavy (non-hydrogen) atoms. The molecule has 0 fully saturated rings. The minimum atomic E-state index is -4.40. The molecule has 0 radical (unpaired) electrons. The molecule has 1 nitrogen and oxygen atoms in total. The highest BCUT2D eigenvalue weighted by molar-refractivity contribution is 14.1. The van der Waals surface area contributed by atoms with Gasteiger partial charge >= 0.3 is 6.18 Å². The monoisotopic (exact) mass is 389 g/mol. The van der Waals surface area contributed by atoms with Gasteiger partial charge in [0.1, 0.15) is 0 Å². The minimum Gasteiger partial charge on any atom is -0.284 e. The molecule has 0 aromatic heterocycles. The van der Waals surface area contributed by atoms with E-state index in [1.165, 1.54) is 12.2 Å². The molecule has 1 aliphatic rings. The van der Waals surface area contributed by atoms with Gasteiger partial charge in [-0.3, -0.25) is 4.18 Å². The number of hydrogen-bond donors (Lipinski definition) is 0. The molecule has 1 rings (SSSR count). The van der Waals surface area contributed by atoms with Crippen LogP contribution in [0.5, 0.6) is 0 Å². The third kappa shape index (κ3) is 5.27.